The molecule has 8 nitrogen and oxygen atoms in total. The average molecular weight is 441 g/mol. The zero-order valence-corrected chi connectivity index (χ0v) is 18.4. The lowest BCUT2D eigenvalue weighted by atomic mass is 10.2. The summed E-state index contributed by atoms with van der Waals surface area (Å²) in [6.45, 7) is 4.27. The number of nitrogens with zero attached hydrogens (tertiary/aromatic N) is 2. The van der Waals surface area contributed by atoms with Crippen molar-refractivity contribution >= 4 is 28.8 Å². The van der Waals surface area contributed by atoms with Gasteiger partial charge in [0.15, 0.2) is 6.61 Å². The molecule has 3 rings (SSSR count). The van der Waals surface area contributed by atoms with Gasteiger partial charge in [-0.1, -0.05) is 31.3 Å². The van der Waals surface area contributed by atoms with E-state index in [0.29, 0.717) is 35.2 Å². The summed E-state index contributed by atoms with van der Waals surface area (Å²) >= 11 is 1.49. The molecule has 3 aromatic rings. The van der Waals surface area contributed by atoms with Crippen LogP contribution in [0.2, 0.25) is 0 Å². The minimum absolute atomic E-state index is 0.155. The molecule has 2 aromatic carbocycles. The number of amides is 2. The summed E-state index contributed by atoms with van der Waals surface area (Å²) in [7, 11) is 1.56. The average Bonchev–Trinajstić information content (AvgIpc) is 3.26. The largest absolute Gasteiger partial charge is 0.497 e. The molecular formula is C22H24N4O4S. The van der Waals surface area contributed by atoms with Crippen molar-refractivity contribution in [1.82, 2.24) is 15.5 Å². The molecule has 0 saturated carbocycles. The third kappa shape index (κ3) is 6.51. The van der Waals surface area contributed by atoms with Crippen molar-refractivity contribution in [3.8, 4) is 11.5 Å². The van der Waals surface area contributed by atoms with E-state index >= 15 is 0 Å². The molecule has 0 bridgehead atoms. The molecule has 31 heavy (non-hydrogen) atoms. The Kier molecular flexibility index (Phi) is 7.55. The zero-order valence-electron chi connectivity index (χ0n) is 17.5. The fourth-order valence-electron chi connectivity index (χ4n) is 2.58. The van der Waals surface area contributed by atoms with Gasteiger partial charge in [0.2, 0.25) is 0 Å². The molecule has 0 aliphatic carbocycles. The Morgan fingerprint density at radius 1 is 1.06 bits per heavy atom. The normalized spacial score (nSPS) is 10.6. The predicted molar refractivity (Wildman–Crippen MR) is 119 cm³/mol. The Morgan fingerprint density at radius 3 is 2.52 bits per heavy atom. The number of carbonyl (C=O) groups excluding carboxylic acids is 2. The van der Waals surface area contributed by atoms with Crippen molar-refractivity contribution in [2.24, 2.45) is 0 Å². The summed E-state index contributed by atoms with van der Waals surface area (Å²) < 4.78 is 10.6. The van der Waals surface area contributed by atoms with E-state index in [1.54, 1.807) is 55.6 Å². The lowest BCUT2D eigenvalue weighted by molar-refractivity contribution is -0.118. The van der Waals surface area contributed by atoms with E-state index in [1.165, 1.54) is 11.3 Å². The molecule has 0 radical (unpaired) electrons. The van der Waals surface area contributed by atoms with Crippen LogP contribution in [-0.4, -0.2) is 35.7 Å². The molecule has 0 aliphatic heterocycles. The highest BCUT2D eigenvalue weighted by molar-refractivity contribution is 7.11. The van der Waals surface area contributed by atoms with E-state index < -0.39 is 0 Å². The Labute approximate surface area is 184 Å². The first-order chi connectivity index (χ1) is 14.9. The summed E-state index contributed by atoms with van der Waals surface area (Å²) in [5.74, 6) is 0.936. The van der Waals surface area contributed by atoms with E-state index in [0.717, 1.165) is 10.0 Å². The second-order valence-electron chi connectivity index (χ2n) is 6.96. The van der Waals surface area contributed by atoms with Crippen molar-refractivity contribution in [2.45, 2.75) is 26.3 Å². The van der Waals surface area contributed by atoms with Gasteiger partial charge in [0, 0.05) is 23.2 Å². The minimum atomic E-state index is -0.298. The fourth-order valence-corrected chi connectivity index (χ4v) is 3.36. The summed E-state index contributed by atoms with van der Waals surface area (Å²) in [4.78, 5) is 24.4. The SMILES string of the molecule is COc1cccc(NC(=O)COc2ccc(C(=O)NCc3nnc(C(C)C)s3)cc2)c1. The van der Waals surface area contributed by atoms with Gasteiger partial charge in [-0.25, -0.2) is 0 Å². The molecule has 162 valence electrons. The van der Waals surface area contributed by atoms with Crippen molar-refractivity contribution < 1.29 is 19.1 Å². The molecular weight excluding hydrogens is 416 g/mol. The number of hydrogen-bond acceptors (Lipinski definition) is 7. The van der Waals surface area contributed by atoms with Crippen LogP contribution in [0.3, 0.4) is 0 Å². The maximum atomic E-state index is 12.3. The number of ether oxygens (including phenoxy) is 2. The first-order valence-electron chi connectivity index (χ1n) is 9.72. The molecule has 0 aliphatic rings. The van der Waals surface area contributed by atoms with Gasteiger partial charge in [0.25, 0.3) is 11.8 Å². The van der Waals surface area contributed by atoms with E-state index in [4.69, 9.17) is 9.47 Å². The van der Waals surface area contributed by atoms with E-state index in [2.05, 4.69) is 34.7 Å². The number of nitrogens with one attached hydrogen (secondary N) is 2. The van der Waals surface area contributed by atoms with Crippen LogP contribution in [0.25, 0.3) is 0 Å². The van der Waals surface area contributed by atoms with Gasteiger partial charge >= 0.3 is 0 Å². The van der Waals surface area contributed by atoms with Gasteiger partial charge in [-0.3, -0.25) is 9.59 Å². The first kappa shape index (κ1) is 22.2. The summed E-state index contributed by atoms with van der Waals surface area (Å²) in [6.07, 6.45) is 0. The van der Waals surface area contributed by atoms with Gasteiger partial charge < -0.3 is 20.1 Å². The third-order valence-corrected chi connectivity index (χ3v) is 5.44. The predicted octanol–water partition coefficient (Wildman–Crippen LogP) is 3.62. The molecule has 2 amide bonds. The summed E-state index contributed by atoms with van der Waals surface area (Å²) in [6, 6.07) is 13.6. The van der Waals surface area contributed by atoms with Gasteiger partial charge in [0.05, 0.1) is 13.7 Å². The number of aromatic nitrogens is 2. The Bertz CT molecular complexity index is 1030. The summed E-state index contributed by atoms with van der Waals surface area (Å²) in [5.41, 5.74) is 1.11. The number of hydrogen-bond donors (Lipinski definition) is 2. The van der Waals surface area contributed by atoms with Crippen LogP contribution in [0.4, 0.5) is 5.69 Å². The molecule has 0 saturated heterocycles. The van der Waals surface area contributed by atoms with Crippen LogP contribution in [0.15, 0.2) is 48.5 Å². The monoisotopic (exact) mass is 440 g/mol. The molecule has 1 heterocycles. The lowest BCUT2D eigenvalue weighted by Gasteiger charge is -2.09. The topological polar surface area (TPSA) is 102 Å². The van der Waals surface area contributed by atoms with Crippen LogP contribution in [0.5, 0.6) is 11.5 Å². The minimum Gasteiger partial charge on any atom is -0.497 e. The standard InChI is InChI=1S/C22H24N4O4S/c1-14(2)22-26-25-20(31-22)12-23-21(28)15-7-9-17(10-8-15)30-13-19(27)24-16-5-4-6-18(11-16)29-3/h4-11,14H,12-13H2,1-3H3,(H,23,28)(H,24,27). The number of benzene rings is 2. The second-order valence-corrected chi connectivity index (χ2v) is 8.06. The second kappa shape index (κ2) is 10.5. The maximum Gasteiger partial charge on any atom is 0.262 e. The Balaban J connectivity index is 1.46. The Morgan fingerprint density at radius 2 is 1.84 bits per heavy atom. The van der Waals surface area contributed by atoms with Gasteiger partial charge in [-0.2, -0.15) is 0 Å². The molecule has 0 atom stereocenters. The number of carbonyl (C=O) groups is 2. The van der Waals surface area contributed by atoms with E-state index in [-0.39, 0.29) is 18.4 Å². The van der Waals surface area contributed by atoms with Gasteiger partial charge in [-0.05, 0) is 36.4 Å². The van der Waals surface area contributed by atoms with Crippen LogP contribution >= 0.6 is 11.3 Å². The quantitative estimate of drug-likeness (QED) is 0.527. The van der Waals surface area contributed by atoms with Crippen LogP contribution in [0, 0.1) is 0 Å². The fraction of sp³-hybridized carbons (Fsp3) is 0.273. The smallest absolute Gasteiger partial charge is 0.262 e. The highest BCUT2D eigenvalue weighted by atomic mass is 32.1. The number of methoxy groups -OCH3 is 1. The third-order valence-electron chi connectivity index (χ3n) is 4.22. The number of anilines is 1. The number of rotatable bonds is 9. The van der Waals surface area contributed by atoms with Gasteiger partial charge in [-0.15, -0.1) is 10.2 Å². The van der Waals surface area contributed by atoms with Crippen molar-refractivity contribution in [1.29, 1.82) is 0 Å². The van der Waals surface area contributed by atoms with Gasteiger partial charge in [0.1, 0.15) is 21.5 Å². The molecule has 0 spiro atoms. The van der Waals surface area contributed by atoms with Crippen LogP contribution in [0.1, 0.15) is 40.1 Å². The highest BCUT2D eigenvalue weighted by Crippen LogP contribution is 2.19. The lowest BCUT2D eigenvalue weighted by Crippen LogP contribution is -2.22. The Hall–Kier alpha value is -3.46. The molecule has 2 N–H and O–H groups in total. The first-order valence-corrected chi connectivity index (χ1v) is 10.5. The highest BCUT2D eigenvalue weighted by Gasteiger charge is 2.11. The molecule has 9 heteroatoms. The van der Waals surface area contributed by atoms with Crippen molar-refractivity contribution in [2.75, 3.05) is 19.0 Å². The maximum absolute atomic E-state index is 12.3. The zero-order chi connectivity index (χ0) is 22.2. The van der Waals surface area contributed by atoms with Crippen LogP contribution < -0.4 is 20.1 Å². The van der Waals surface area contributed by atoms with Crippen LogP contribution in [-0.2, 0) is 11.3 Å². The molecule has 0 unspecified atom stereocenters. The molecule has 1 aromatic heterocycles. The van der Waals surface area contributed by atoms with E-state index in [9.17, 15) is 9.59 Å². The van der Waals surface area contributed by atoms with E-state index in [1.807, 2.05) is 0 Å². The summed E-state index contributed by atoms with van der Waals surface area (Å²) in [5, 5.41) is 15.5. The van der Waals surface area contributed by atoms with Crippen molar-refractivity contribution in [3.05, 3.63) is 64.1 Å². The molecule has 0 fully saturated rings. The van der Waals surface area contributed by atoms with Crippen molar-refractivity contribution in [3.63, 3.8) is 0 Å².